The molecule has 0 amide bonds. The summed E-state index contributed by atoms with van der Waals surface area (Å²) >= 11 is 0. The number of rotatable bonds is 8. The Morgan fingerprint density at radius 2 is 1.88 bits per heavy atom. The van der Waals surface area contributed by atoms with Crippen molar-refractivity contribution in [2.24, 2.45) is 5.92 Å². The average molecular weight is 234 g/mol. The molecule has 0 bridgehead atoms. The molecule has 0 heterocycles. The van der Waals surface area contributed by atoms with Crippen LogP contribution in [0.15, 0.2) is 23.8 Å². The van der Waals surface area contributed by atoms with Crippen LogP contribution in [0.1, 0.15) is 78.1 Å². The van der Waals surface area contributed by atoms with Crippen molar-refractivity contribution in [3.63, 3.8) is 0 Å². The molecule has 0 aromatic rings. The van der Waals surface area contributed by atoms with Crippen molar-refractivity contribution in [3.05, 3.63) is 23.8 Å². The Kier molecular flexibility index (Phi) is 8.13. The quantitative estimate of drug-likeness (QED) is 0.355. The standard InChI is InChI=1S/C17H30/c1-3-5-11-16(4-2)12-7-6-8-13-17-14-9-10-15-17/h3,5,11,17H,4,6-10,12-15H2,1-2H3/b5-3-,16-11+. The number of hydrogen-bond donors (Lipinski definition) is 0. The van der Waals surface area contributed by atoms with E-state index in [0.29, 0.717) is 0 Å². The molecule has 0 aromatic heterocycles. The van der Waals surface area contributed by atoms with Crippen molar-refractivity contribution < 1.29 is 0 Å². The molecule has 0 N–H and O–H groups in total. The van der Waals surface area contributed by atoms with Gasteiger partial charge >= 0.3 is 0 Å². The Morgan fingerprint density at radius 1 is 1.12 bits per heavy atom. The average Bonchev–Trinajstić information content (AvgIpc) is 2.85. The lowest BCUT2D eigenvalue weighted by molar-refractivity contribution is 0.467. The zero-order valence-electron chi connectivity index (χ0n) is 11.9. The molecule has 0 saturated heterocycles. The highest BCUT2D eigenvalue weighted by atomic mass is 14.2. The first-order valence-corrected chi connectivity index (χ1v) is 7.67. The Labute approximate surface area is 108 Å². The molecule has 0 atom stereocenters. The van der Waals surface area contributed by atoms with Crippen molar-refractivity contribution in [1.29, 1.82) is 0 Å². The maximum Gasteiger partial charge on any atom is -0.0317 e. The van der Waals surface area contributed by atoms with E-state index in [1.807, 2.05) is 0 Å². The van der Waals surface area contributed by atoms with Crippen molar-refractivity contribution in [3.8, 4) is 0 Å². The van der Waals surface area contributed by atoms with E-state index in [1.165, 1.54) is 64.2 Å². The normalized spacial score (nSPS) is 18.4. The van der Waals surface area contributed by atoms with Gasteiger partial charge in [0.05, 0.1) is 0 Å². The minimum Gasteiger partial charge on any atom is -0.0877 e. The van der Waals surface area contributed by atoms with Gasteiger partial charge in [-0.2, -0.15) is 0 Å². The van der Waals surface area contributed by atoms with Gasteiger partial charge in [0.15, 0.2) is 0 Å². The van der Waals surface area contributed by atoms with Crippen LogP contribution in [-0.4, -0.2) is 0 Å². The van der Waals surface area contributed by atoms with Gasteiger partial charge in [-0.05, 0) is 32.1 Å². The van der Waals surface area contributed by atoms with Crippen LogP contribution < -0.4 is 0 Å². The van der Waals surface area contributed by atoms with Crippen LogP contribution in [0.3, 0.4) is 0 Å². The Bertz CT molecular complexity index is 228. The molecular weight excluding hydrogens is 204 g/mol. The topological polar surface area (TPSA) is 0 Å². The summed E-state index contributed by atoms with van der Waals surface area (Å²) in [6.07, 6.45) is 20.9. The van der Waals surface area contributed by atoms with Gasteiger partial charge in [0.25, 0.3) is 0 Å². The van der Waals surface area contributed by atoms with Crippen LogP contribution in [0.2, 0.25) is 0 Å². The lowest BCUT2D eigenvalue weighted by Gasteiger charge is -2.08. The summed E-state index contributed by atoms with van der Waals surface area (Å²) in [5.74, 6) is 1.08. The summed E-state index contributed by atoms with van der Waals surface area (Å²) in [6.45, 7) is 4.36. The number of hydrogen-bond acceptors (Lipinski definition) is 0. The maximum absolute atomic E-state index is 2.30. The maximum atomic E-state index is 2.30. The third kappa shape index (κ3) is 6.71. The molecule has 0 spiro atoms. The molecule has 0 heteroatoms. The first-order valence-electron chi connectivity index (χ1n) is 7.67. The monoisotopic (exact) mass is 234 g/mol. The van der Waals surface area contributed by atoms with E-state index in [4.69, 9.17) is 0 Å². The summed E-state index contributed by atoms with van der Waals surface area (Å²) < 4.78 is 0. The molecule has 1 aliphatic carbocycles. The molecule has 0 aliphatic heterocycles. The molecular formula is C17H30. The van der Waals surface area contributed by atoms with Crippen LogP contribution in [0, 0.1) is 5.92 Å². The number of allylic oxidation sites excluding steroid dienone is 4. The van der Waals surface area contributed by atoms with Crippen LogP contribution in [0.5, 0.6) is 0 Å². The van der Waals surface area contributed by atoms with Gasteiger partial charge in [0.2, 0.25) is 0 Å². The molecule has 0 nitrogen and oxygen atoms in total. The predicted octanol–water partition coefficient (Wildman–Crippen LogP) is 6.04. The highest BCUT2D eigenvalue weighted by Crippen LogP contribution is 2.29. The smallest absolute Gasteiger partial charge is 0.0317 e. The van der Waals surface area contributed by atoms with E-state index in [9.17, 15) is 0 Å². The summed E-state index contributed by atoms with van der Waals surface area (Å²) in [5.41, 5.74) is 1.61. The molecule has 17 heavy (non-hydrogen) atoms. The van der Waals surface area contributed by atoms with Gasteiger partial charge in [-0.1, -0.05) is 75.7 Å². The highest BCUT2D eigenvalue weighted by Gasteiger charge is 2.13. The fourth-order valence-corrected chi connectivity index (χ4v) is 2.87. The van der Waals surface area contributed by atoms with Crippen molar-refractivity contribution in [1.82, 2.24) is 0 Å². The first kappa shape index (κ1) is 14.5. The van der Waals surface area contributed by atoms with Crippen molar-refractivity contribution in [2.45, 2.75) is 78.1 Å². The van der Waals surface area contributed by atoms with Gasteiger partial charge in [0.1, 0.15) is 0 Å². The van der Waals surface area contributed by atoms with E-state index in [-0.39, 0.29) is 0 Å². The van der Waals surface area contributed by atoms with E-state index < -0.39 is 0 Å². The summed E-state index contributed by atoms with van der Waals surface area (Å²) in [5, 5.41) is 0. The van der Waals surface area contributed by atoms with Gasteiger partial charge in [-0.3, -0.25) is 0 Å². The van der Waals surface area contributed by atoms with E-state index >= 15 is 0 Å². The number of unbranched alkanes of at least 4 members (excludes halogenated alkanes) is 2. The molecule has 1 aliphatic rings. The molecule has 0 aromatic carbocycles. The molecule has 1 fully saturated rings. The van der Waals surface area contributed by atoms with E-state index in [1.54, 1.807) is 5.57 Å². The SMILES string of the molecule is C/C=C\C=C(/CC)CCCCCC1CCCC1. The molecule has 0 unspecified atom stereocenters. The molecule has 1 rings (SSSR count). The third-order valence-corrected chi connectivity index (χ3v) is 4.06. The lowest BCUT2D eigenvalue weighted by Crippen LogP contribution is -1.92. The fraction of sp³-hybridized carbons (Fsp3) is 0.765. The summed E-state index contributed by atoms with van der Waals surface area (Å²) in [4.78, 5) is 0. The van der Waals surface area contributed by atoms with E-state index in [2.05, 4.69) is 32.1 Å². The molecule has 0 radical (unpaired) electrons. The van der Waals surface area contributed by atoms with Gasteiger partial charge in [-0.25, -0.2) is 0 Å². The van der Waals surface area contributed by atoms with Crippen molar-refractivity contribution >= 4 is 0 Å². The Hall–Kier alpha value is -0.520. The Balaban J connectivity index is 2.02. The van der Waals surface area contributed by atoms with Crippen molar-refractivity contribution in [2.75, 3.05) is 0 Å². The minimum atomic E-state index is 1.08. The van der Waals surface area contributed by atoms with Gasteiger partial charge in [-0.15, -0.1) is 0 Å². The Morgan fingerprint density at radius 3 is 2.53 bits per heavy atom. The van der Waals surface area contributed by atoms with Gasteiger partial charge in [0, 0.05) is 0 Å². The second-order valence-corrected chi connectivity index (χ2v) is 5.45. The van der Waals surface area contributed by atoms with Crippen LogP contribution in [-0.2, 0) is 0 Å². The first-order chi connectivity index (χ1) is 8.36. The van der Waals surface area contributed by atoms with Crippen LogP contribution in [0.4, 0.5) is 0 Å². The second-order valence-electron chi connectivity index (χ2n) is 5.45. The fourth-order valence-electron chi connectivity index (χ4n) is 2.87. The zero-order valence-corrected chi connectivity index (χ0v) is 11.9. The highest BCUT2D eigenvalue weighted by molar-refractivity contribution is 5.11. The predicted molar refractivity (Wildman–Crippen MR) is 78.2 cm³/mol. The largest absolute Gasteiger partial charge is 0.0877 e. The lowest BCUT2D eigenvalue weighted by atomic mass is 9.98. The van der Waals surface area contributed by atoms with Crippen LogP contribution in [0.25, 0.3) is 0 Å². The van der Waals surface area contributed by atoms with Crippen LogP contribution >= 0.6 is 0 Å². The van der Waals surface area contributed by atoms with E-state index in [0.717, 1.165) is 5.92 Å². The molecule has 1 saturated carbocycles. The second kappa shape index (κ2) is 9.50. The summed E-state index contributed by atoms with van der Waals surface area (Å²) in [7, 11) is 0. The third-order valence-electron chi connectivity index (χ3n) is 4.06. The minimum absolute atomic E-state index is 1.08. The summed E-state index contributed by atoms with van der Waals surface area (Å²) in [6, 6.07) is 0. The molecule has 98 valence electrons. The zero-order chi connectivity index (χ0) is 12.3. The van der Waals surface area contributed by atoms with Gasteiger partial charge < -0.3 is 0 Å².